The molecule has 0 amide bonds. The van der Waals surface area contributed by atoms with Gasteiger partial charge in [0.1, 0.15) is 11.4 Å². The maximum atomic E-state index is 4.97. The van der Waals surface area contributed by atoms with Gasteiger partial charge >= 0.3 is 0 Å². The van der Waals surface area contributed by atoms with Crippen LogP contribution in [0.4, 0.5) is 0 Å². The van der Waals surface area contributed by atoms with Gasteiger partial charge in [-0.25, -0.2) is 14.6 Å². The Labute approximate surface area is 309 Å². The van der Waals surface area contributed by atoms with Crippen molar-refractivity contribution >= 4 is 34.8 Å². The highest BCUT2D eigenvalue weighted by Gasteiger charge is 2.38. The highest BCUT2D eigenvalue weighted by Crippen LogP contribution is 2.43. The topological polar surface area (TPSA) is 98.1 Å². The third-order valence-electron chi connectivity index (χ3n) is 9.70. The van der Waals surface area contributed by atoms with Crippen molar-refractivity contribution < 1.29 is 0 Å². The number of allylic oxidation sites excluding steroid dienone is 2. The van der Waals surface area contributed by atoms with Gasteiger partial charge in [-0.1, -0.05) is 72.8 Å². The lowest BCUT2D eigenvalue weighted by atomic mass is 9.71. The number of hydrogen-bond donors (Lipinski definition) is 1. The quantitative estimate of drug-likeness (QED) is 0.185. The zero-order valence-corrected chi connectivity index (χ0v) is 29.6. The van der Waals surface area contributed by atoms with Gasteiger partial charge in [0.25, 0.3) is 0 Å². The van der Waals surface area contributed by atoms with E-state index in [0.717, 1.165) is 63.7 Å². The van der Waals surface area contributed by atoms with Crippen LogP contribution in [0.1, 0.15) is 45.4 Å². The molecule has 2 aliphatic carbocycles. The number of benzene rings is 2. The van der Waals surface area contributed by atoms with E-state index in [9.17, 15) is 0 Å². The molecule has 2 atom stereocenters. The van der Waals surface area contributed by atoms with Crippen LogP contribution in [0, 0.1) is 0 Å². The molecule has 0 aliphatic heterocycles. The highest BCUT2D eigenvalue weighted by molar-refractivity contribution is 7.07. The van der Waals surface area contributed by atoms with Crippen LogP contribution >= 0.6 is 22.7 Å². The number of nitrogens with one attached hydrogen (secondary N) is 1. The summed E-state index contributed by atoms with van der Waals surface area (Å²) in [6.45, 7) is 0. The molecule has 0 fully saturated rings. The second-order valence-corrected chi connectivity index (χ2v) is 14.1. The fourth-order valence-electron chi connectivity index (χ4n) is 7.12. The van der Waals surface area contributed by atoms with Crippen LogP contribution in [0.15, 0.2) is 144 Å². The summed E-state index contributed by atoms with van der Waals surface area (Å²) in [6, 6.07) is 28.9. The molecule has 8 aromatic rings. The van der Waals surface area contributed by atoms with Crippen LogP contribution in [-0.2, 0) is 18.3 Å². The van der Waals surface area contributed by atoms with Crippen LogP contribution in [0.3, 0.4) is 0 Å². The van der Waals surface area contributed by atoms with Crippen molar-refractivity contribution in [3.63, 3.8) is 0 Å². The molecule has 6 heterocycles. The second-order valence-electron chi connectivity index (χ2n) is 12.7. The molecule has 2 aromatic carbocycles. The van der Waals surface area contributed by atoms with Crippen molar-refractivity contribution in [1.82, 2.24) is 39.9 Å². The first-order chi connectivity index (χ1) is 25.8. The van der Waals surface area contributed by atoms with Gasteiger partial charge in [0, 0.05) is 82.3 Å². The Bertz CT molecular complexity index is 2450. The molecular weight excluding hydrogens is 681 g/mol. The minimum atomic E-state index is -0.271. The number of pyridine rings is 2. The lowest BCUT2D eigenvalue weighted by Gasteiger charge is -2.32. The molecule has 0 saturated heterocycles. The van der Waals surface area contributed by atoms with Crippen LogP contribution in [0.5, 0.6) is 0 Å². The van der Waals surface area contributed by atoms with Gasteiger partial charge in [0.2, 0.25) is 0 Å². The smallest absolute Gasteiger partial charge is 0.101 e. The number of H-pyrrole nitrogens is 1. The average molecular weight is 713 g/mol. The van der Waals surface area contributed by atoms with Crippen LogP contribution in [-0.4, -0.2) is 39.9 Å². The van der Waals surface area contributed by atoms with Gasteiger partial charge < -0.3 is 0 Å². The lowest BCUT2D eigenvalue weighted by molar-refractivity contribution is 0.605. The average Bonchev–Trinajstić information content (AvgIpc) is 4.07. The normalized spacial score (nSPS) is 17.2. The molecule has 6 aromatic heterocycles. The minimum absolute atomic E-state index is 0.271. The molecule has 52 heavy (non-hydrogen) atoms. The van der Waals surface area contributed by atoms with Gasteiger partial charge in [0.15, 0.2) is 0 Å². The van der Waals surface area contributed by atoms with E-state index in [1.165, 1.54) is 16.8 Å². The lowest BCUT2D eigenvalue weighted by Crippen LogP contribution is -2.30. The highest BCUT2D eigenvalue weighted by atomic mass is 32.1. The molecule has 8 nitrogen and oxygen atoms in total. The van der Waals surface area contributed by atoms with Crippen molar-refractivity contribution in [3.8, 4) is 28.2 Å². The van der Waals surface area contributed by atoms with E-state index < -0.39 is 0 Å². The van der Waals surface area contributed by atoms with Crippen molar-refractivity contribution in [2.45, 2.75) is 24.2 Å². The number of thiazole rings is 2. The Morgan fingerprint density at radius 1 is 0.731 bits per heavy atom. The van der Waals surface area contributed by atoms with Gasteiger partial charge in [-0.15, -0.1) is 22.7 Å². The van der Waals surface area contributed by atoms with E-state index in [1.807, 2.05) is 78.1 Å². The summed E-state index contributed by atoms with van der Waals surface area (Å²) < 4.78 is 2.08. The predicted octanol–water partition coefficient (Wildman–Crippen LogP) is 9.23. The van der Waals surface area contributed by atoms with Crippen molar-refractivity contribution in [2.75, 3.05) is 0 Å². The Kier molecular flexibility index (Phi) is 8.51. The molecule has 10 rings (SSSR count). The summed E-state index contributed by atoms with van der Waals surface area (Å²) in [7, 11) is 0. The molecule has 2 aliphatic rings. The summed E-state index contributed by atoms with van der Waals surface area (Å²) in [5, 5.41) is 17.1. The molecule has 0 bridgehead atoms. The molecular formula is C42H32N8S2. The van der Waals surface area contributed by atoms with Gasteiger partial charge in [-0.05, 0) is 42.0 Å². The number of fused-ring (bicyclic) bond motifs is 2. The first-order valence-corrected chi connectivity index (χ1v) is 18.9. The summed E-state index contributed by atoms with van der Waals surface area (Å²) in [5.41, 5.74) is 16.8. The van der Waals surface area contributed by atoms with E-state index in [0.29, 0.717) is 5.92 Å². The Hall–Kier alpha value is -6.10. The Morgan fingerprint density at radius 2 is 1.54 bits per heavy atom. The summed E-state index contributed by atoms with van der Waals surface area (Å²) in [6.07, 6.45) is 17.9. The minimum Gasteiger partial charge on any atom is -0.281 e. The summed E-state index contributed by atoms with van der Waals surface area (Å²) in [5.74, 6) is 0.290. The van der Waals surface area contributed by atoms with Crippen molar-refractivity contribution in [3.05, 3.63) is 183 Å². The predicted molar refractivity (Wildman–Crippen MR) is 208 cm³/mol. The molecule has 252 valence electrons. The van der Waals surface area contributed by atoms with Crippen molar-refractivity contribution in [2.24, 2.45) is 0 Å². The van der Waals surface area contributed by atoms with E-state index in [2.05, 4.69) is 106 Å². The van der Waals surface area contributed by atoms with Crippen molar-refractivity contribution in [1.29, 1.82) is 0 Å². The summed E-state index contributed by atoms with van der Waals surface area (Å²) in [4.78, 5) is 17.5. The largest absolute Gasteiger partial charge is 0.281 e. The molecule has 0 saturated carbocycles. The fraction of sp³-hybridized carbons (Fsp3) is 0.0952. The molecule has 0 spiro atoms. The Balaban J connectivity index is 0.000000138. The number of para-hydroxylation sites is 1. The van der Waals surface area contributed by atoms with Gasteiger partial charge in [0.05, 0.1) is 39.2 Å². The molecule has 10 heteroatoms. The first-order valence-electron chi connectivity index (χ1n) is 17.0. The number of nitrogens with zero attached hydrogens (tertiary/aromatic N) is 7. The zero-order chi connectivity index (χ0) is 34.7. The number of rotatable bonds is 6. The standard InChI is InChI=1S/2C21H16N4S/c1-2-6-16(7-3-1)21(19-13-26-14-23-19)9-8-17-18(11-21)24-25-20(17)15-5-4-10-22-12-15;1-2-4-17(5-3-1)25-20-12-16(19-13-26-14-23-19)6-7-18(20)21(24-25)15-8-10-22-11-9-15/h1-10,12-14H,11H2,(H,24,25);1-11,13-14,16H,12H2. The molecule has 1 N–H and O–H groups in total. The van der Waals surface area contributed by atoms with Gasteiger partial charge in [-0.3, -0.25) is 15.1 Å². The monoisotopic (exact) mass is 712 g/mol. The van der Waals surface area contributed by atoms with Crippen LogP contribution < -0.4 is 0 Å². The van der Waals surface area contributed by atoms with E-state index in [4.69, 9.17) is 5.10 Å². The SMILES string of the molecule is C1=CC(c2ccccc2)(c2cscn2)Cc2[nH]nc(-c3cccnc3)c21.C1=CC(c2cscn2)Cc2c1c(-c1ccncc1)nn2-c1ccccc1. The number of aromatic nitrogens is 8. The fourth-order valence-corrected chi connectivity index (χ4v) is 8.37. The third-order valence-corrected chi connectivity index (χ3v) is 10.9. The third kappa shape index (κ3) is 5.91. The molecule has 2 unspecified atom stereocenters. The first kappa shape index (κ1) is 31.9. The summed E-state index contributed by atoms with van der Waals surface area (Å²) >= 11 is 3.27. The maximum Gasteiger partial charge on any atom is 0.101 e. The second kappa shape index (κ2) is 13.9. The van der Waals surface area contributed by atoms with E-state index in [-0.39, 0.29) is 5.41 Å². The van der Waals surface area contributed by atoms with E-state index >= 15 is 0 Å². The van der Waals surface area contributed by atoms with Crippen LogP contribution in [0.25, 0.3) is 40.4 Å². The van der Waals surface area contributed by atoms with Crippen LogP contribution in [0.2, 0.25) is 0 Å². The maximum absolute atomic E-state index is 4.97. The molecule has 0 radical (unpaired) electrons. The Morgan fingerprint density at radius 3 is 2.29 bits per heavy atom. The number of aromatic amines is 1. The zero-order valence-electron chi connectivity index (χ0n) is 27.9. The van der Waals surface area contributed by atoms with Gasteiger partial charge in [-0.2, -0.15) is 10.2 Å². The van der Waals surface area contributed by atoms with E-state index in [1.54, 1.807) is 28.9 Å². The number of hydrogen-bond acceptors (Lipinski definition) is 8.